The second kappa shape index (κ2) is 8.80. The van der Waals surface area contributed by atoms with Gasteiger partial charge in [-0.05, 0) is 77.3 Å². The number of barbiturate groups is 1. The number of anilines is 1. The average molecular weight is 478 g/mol. The lowest BCUT2D eigenvalue weighted by Gasteiger charge is -2.26. The first-order chi connectivity index (χ1) is 13.8. The van der Waals surface area contributed by atoms with Crippen LogP contribution in [0.5, 0.6) is 5.75 Å². The minimum absolute atomic E-state index is 0.0557. The number of halogens is 2. The van der Waals surface area contributed by atoms with Crippen molar-refractivity contribution in [2.45, 2.75) is 26.4 Å². The van der Waals surface area contributed by atoms with E-state index in [9.17, 15) is 14.4 Å². The van der Waals surface area contributed by atoms with E-state index in [-0.39, 0.29) is 11.7 Å². The van der Waals surface area contributed by atoms with E-state index in [1.807, 2.05) is 13.8 Å². The Morgan fingerprint density at radius 1 is 1.17 bits per heavy atom. The van der Waals surface area contributed by atoms with Crippen LogP contribution in [0.2, 0.25) is 5.02 Å². The molecule has 29 heavy (non-hydrogen) atoms. The van der Waals surface area contributed by atoms with Gasteiger partial charge in [-0.3, -0.25) is 14.9 Å². The number of nitrogens with one attached hydrogen (secondary N) is 1. The number of imide groups is 2. The van der Waals surface area contributed by atoms with Crippen molar-refractivity contribution in [3.63, 3.8) is 0 Å². The number of urea groups is 1. The van der Waals surface area contributed by atoms with E-state index in [0.717, 1.165) is 11.3 Å². The summed E-state index contributed by atoms with van der Waals surface area (Å²) < 4.78 is 6.50. The maximum atomic E-state index is 12.9. The third-order valence-corrected chi connectivity index (χ3v) is 5.23. The molecule has 1 unspecified atom stereocenters. The van der Waals surface area contributed by atoms with Crippen molar-refractivity contribution in [1.29, 1.82) is 0 Å². The zero-order chi connectivity index (χ0) is 21.1. The zero-order valence-electron chi connectivity index (χ0n) is 15.7. The molecule has 0 aliphatic carbocycles. The maximum absolute atomic E-state index is 12.9. The smallest absolute Gasteiger partial charge is 0.335 e. The molecule has 0 saturated carbocycles. The van der Waals surface area contributed by atoms with Crippen molar-refractivity contribution in [2.75, 3.05) is 4.90 Å². The molecule has 2 aromatic rings. The molecule has 150 valence electrons. The molecule has 1 N–H and O–H groups in total. The number of hydrogen-bond donors (Lipinski definition) is 1. The first-order valence-corrected chi connectivity index (χ1v) is 10.1. The van der Waals surface area contributed by atoms with Crippen LogP contribution in [0.3, 0.4) is 0 Å². The molecule has 1 aliphatic rings. The van der Waals surface area contributed by atoms with Crippen molar-refractivity contribution in [2.24, 2.45) is 0 Å². The molecule has 1 saturated heterocycles. The first-order valence-electron chi connectivity index (χ1n) is 8.93. The maximum Gasteiger partial charge on any atom is 0.335 e. The van der Waals surface area contributed by atoms with Crippen molar-refractivity contribution in [3.05, 3.63) is 63.1 Å². The first kappa shape index (κ1) is 21.1. The number of amides is 4. The quantitative estimate of drug-likeness (QED) is 0.488. The lowest BCUT2D eigenvalue weighted by molar-refractivity contribution is -0.122. The number of ether oxygens (including phenoxy) is 1. The van der Waals surface area contributed by atoms with E-state index in [4.69, 9.17) is 16.3 Å². The highest BCUT2D eigenvalue weighted by Gasteiger charge is 2.36. The van der Waals surface area contributed by atoms with Gasteiger partial charge in [0.05, 0.1) is 16.3 Å². The fourth-order valence-corrected chi connectivity index (χ4v) is 3.27. The molecular weight excluding hydrogens is 460 g/mol. The Kier molecular flexibility index (Phi) is 6.39. The van der Waals surface area contributed by atoms with Crippen LogP contribution >= 0.6 is 27.5 Å². The molecule has 1 aliphatic heterocycles. The van der Waals surface area contributed by atoms with Gasteiger partial charge in [0, 0.05) is 5.02 Å². The molecule has 0 radical (unpaired) electrons. The molecule has 2 aromatic carbocycles. The molecule has 4 amide bonds. The fourth-order valence-electron chi connectivity index (χ4n) is 2.65. The van der Waals surface area contributed by atoms with Crippen LogP contribution in [-0.4, -0.2) is 23.9 Å². The third-order valence-electron chi connectivity index (χ3n) is 4.36. The van der Waals surface area contributed by atoms with Gasteiger partial charge in [-0.25, -0.2) is 9.69 Å². The summed E-state index contributed by atoms with van der Waals surface area (Å²) in [5.41, 5.74) is 0.771. The van der Waals surface area contributed by atoms with Gasteiger partial charge in [0.1, 0.15) is 11.3 Å². The summed E-state index contributed by atoms with van der Waals surface area (Å²) in [4.78, 5) is 38.3. The summed E-state index contributed by atoms with van der Waals surface area (Å²) >= 11 is 9.31. The molecule has 1 fully saturated rings. The van der Waals surface area contributed by atoms with Gasteiger partial charge < -0.3 is 4.74 Å². The SMILES string of the molecule is CCC(C)Oc1ccc(C=C2C(=O)NC(=O)N(c3ccc(Cl)cc3)C2=O)cc1Br. The number of nitrogens with zero attached hydrogens (tertiary/aromatic N) is 1. The highest BCUT2D eigenvalue weighted by molar-refractivity contribution is 9.10. The Balaban J connectivity index is 1.92. The van der Waals surface area contributed by atoms with Gasteiger partial charge in [-0.2, -0.15) is 0 Å². The second-order valence-corrected chi connectivity index (χ2v) is 7.75. The van der Waals surface area contributed by atoms with E-state index in [1.54, 1.807) is 30.3 Å². The van der Waals surface area contributed by atoms with E-state index in [0.29, 0.717) is 26.5 Å². The lowest BCUT2D eigenvalue weighted by Crippen LogP contribution is -2.54. The van der Waals surface area contributed by atoms with Gasteiger partial charge in [-0.1, -0.05) is 24.6 Å². The number of rotatable bonds is 5. The normalized spacial score (nSPS) is 16.8. The summed E-state index contributed by atoms with van der Waals surface area (Å²) in [5.74, 6) is -0.794. The Hall–Kier alpha value is -2.64. The van der Waals surface area contributed by atoms with Crippen LogP contribution in [-0.2, 0) is 9.59 Å². The zero-order valence-corrected chi connectivity index (χ0v) is 18.1. The predicted octanol–water partition coefficient (Wildman–Crippen LogP) is 4.95. The average Bonchev–Trinajstić information content (AvgIpc) is 2.68. The van der Waals surface area contributed by atoms with Crippen molar-refractivity contribution in [1.82, 2.24) is 5.32 Å². The van der Waals surface area contributed by atoms with E-state index in [1.165, 1.54) is 18.2 Å². The number of carbonyl (C=O) groups is 3. The molecule has 1 atom stereocenters. The van der Waals surface area contributed by atoms with Gasteiger partial charge in [-0.15, -0.1) is 0 Å². The summed E-state index contributed by atoms with van der Waals surface area (Å²) in [6.07, 6.45) is 2.35. The van der Waals surface area contributed by atoms with Crippen LogP contribution < -0.4 is 15.0 Å². The van der Waals surface area contributed by atoms with Gasteiger partial charge >= 0.3 is 6.03 Å². The number of hydrogen-bond acceptors (Lipinski definition) is 4. The molecule has 8 heteroatoms. The largest absolute Gasteiger partial charge is 0.490 e. The summed E-state index contributed by atoms with van der Waals surface area (Å²) in [6, 6.07) is 10.6. The molecular formula is C21H18BrClN2O4. The Labute approximate surface area is 181 Å². The lowest BCUT2D eigenvalue weighted by atomic mass is 10.1. The topological polar surface area (TPSA) is 75.7 Å². The predicted molar refractivity (Wildman–Crippen MR) is 115 cm³/mol. The number of benzene rings is 2. The number of carbonyl (C=O) groups excluding carboxylic acids is 3. The Morgan fingerprint density at radius 2 is 1.86 bits per heavy atom. The van der Waals surface area contributed by atoms with Crippen molar-refractivity contribution in [3.8, 4) is 5.75 Å². The van der Waals surface area contributed by atoms with Crippen LogP contribution in [0, 0.1) is 0 Å². The Morgan fingerprint density at radius 3 is 2.48 bits per heavy atom. The van der Waals surface area contributed by atoms with Crippen LogP contribution in [0.15, 0.2) is 52.5 Å². The molecule has 0 aromatic heterocycles. The summed E-state index contributed by atoms with van der Waals surface area (Å²) in [6.45, 7) is 3.99. The van der Waals surface area contributed by atoms with E-state index >= 15 is 0 Å². The highest BCUT2D eigenvalue weighted by atomic mass is 79.9. The fraction of sp³-hybridized carbons (Fsp3) is 0.190. The minimum atomic E-state index is -0.807. The molecule has 1 heterocycles. The standard InChI is InChI=1S/C21H18BrClN2O4/c1-3-12(2)29-18-9-4-13(11-17(18)22)10-16-19(26)24-21(28)25(20(16)27)15-7-5-14(23)6-8-15/h4-12H,3H2,1-2H3,(H,24,26,28). The van der Waals surface area contributed by atoms with Crippen LogP contribution in [0.4, 0.5) is 10.5 Å². The van der Waals surface area contributed by atoms with Crippen molar-refractivity contribution < 1.29 is 19.1 Å². The van der Waals surface area contributed by atoms with Gasteiger partial charge in [0.2, 0.25) is 0 Å². The monoisotopic (exact) mass is 476 g/mol. The van der Waals surface area contributed by atoms with Crippen LogP contribution in [0.1, 0.15) is 25.8 Å². The van der Waals surface area contributed by atoms with Gasteiger partial charge in [0.25, 0.3) is 11.8 Å². The van der Waals surface area contributed by atoms with Gasteiger partial charge in [0.15, 0.2) is 0 Å². The minimum Gasteiger partial charge on any atom is -0.490 e. The van der Waals surface area contributed by atoms with Crippen molar-refractivity contribution >= 4 is 57.1 Å². The van der Waals surface area contributed by atoms with Crippen LogP contribution in [0.25, 0.3) is 6.08 Å². The summed E-state index contributed by atoms with van der Waals surface area (Å²) in [5, 5.41) is 2.66. The molecule has 3 rings (SSSR count). The molecule has 0 bridgehead atoms. The third kappa shape index (κ3) is 4.68. The summed E-state index contributed by atoms with van der Waals surface area (Å²) in [7, 11) is 0. The molecule has 6 nitrogen and oxygen atoms in total. The van der Waals surface area contributed by atoms with E-state index in [2.05, 4.69) is 21.2 Å². The van der Waals surface area contributed by atoms with E-state index < -0.39 is 17.8 Å². The highest BCUT2D eigenvalue weighted by Crippen LogP contribution is 2.29. The molecule has 0 spiro atoms. The second-order valence-electron chi connectivity index (χ2n) is 6.46. The Bertz CT molecular complexity index is 1000.